The Bertz CT molecular complexity index is 662. The van der Waals surface area contributed by atoms with E-state index in [4.69, 9.17) is 4.52 Å². The first-order valence-electron chi connectivity index (χ1n) is 7.47. The summed E-state index contributed by atoms with van der Waals surface area (Å²) < 4.78 is 5.33. The van der Waals surface area contributed by atoms with E-state index in [0.717, 1.165) is 36.3 Å². The van der Waals surface area contributed by atoms with Crippen molar-refractivity contribution in [1.82, 2.24) is 15.1 Å². The first kappa shape index (κ1) is 12.6. The molecule has 0 radical (unpaired) electrons. The molecule has 5 heteroatoms. The zero-order chi connectivity index (χ0) is 14.2. The van der Waals surface area contributed by atoms with Crippen LogP contribution in [0.4, 0.5) is 5.82 Å². The van der Waals surface area contributed by atoms with Gasteiger partial charge in [0.1, 0.15) is 5.82 Å². The van der Waals surface area contributed by atoms with E-state index in [1.807, 2.05) is 25.3 Å². The molecule has 2 aliphatic rings. The maximum atomic E-state index is 5.33. The van der Waals surface area contributed by atoms with Gasteiger partial charge in [-0.25, -0.2) is 4.98 Å². The van der Waals surface area contributed by atoms with Gasteiger partial charge in [0.05, 0.1) is 5.56 Å². The predicted molar refractivity (Wildman–Crippen MR) is 79.8 cm³/mol. The number of aryl methyl sites for hydroxylation is 1. The second-order valence-corrected chi connectivity index (χ2v) is 5.89. The van der Waals surface area contributed by atoms with Gasteiger partial charge in [0, 0.05) is 19.3 Å². The van der Waals surface area contributed by atoms with Crippen molar-refractivity contribution in [3.63, 3.8) is 0 Å². The van der Waals surface area contributed by atoms with Crippen LogP contribution in [0.1, 0.15) is 18.7 Å². The maximum absolute atomic E-state index is 5.33. The number of nitrogens with zero attached hydrogens (tertiary/aromatic N) is 4. The van der Waals surface area contributed by atoms with E-state index in [-0.39, 0.29) is 0 Å². The van der Waals surface area contributed by atoms with E-state index in [9.17, 15) is 0 Å². The largest absolute Gasteiger partial charge is 0.355 e. The summed E-state index contributed by atoms with van der Waals surface area (Å²) in [7, 11) is 0. The number of fused-ring (bicyclic) bond motifs is 1. The number of allylic oxidation sites excluding steroid dienone is 2. The van der Waals surface area contributed by atoms with Crippen molar-refractivity contribution >= 4 is 5.82 Å². The zero-order valence-corrected chi connectivity index (χ0v) is 12.1. The standard InChI is InChI=1S/C16H18N4O/c1-11-18-16(21-19-11)14-7-4-8-17-15(14)20-9-12-5-2-3-6-13(12)10-20/h2-4,7-8,12-13H,5-6,9-10H2,1H3/t12-,13-/m1/s1. The molecule has 0 aromatic carbocycles. The van der Waals surface area contributed by atoms with Crippen LogP contribution in [0.2, 0.25) is 0 Å². The molecule has 0 amide bonds. The molecule has 2 atom stereocenters. The lowest BCUT2D eigenvalue weighted by molar-refractivity contribution is 0.411. The van der Waals surface area contributed by atoms with Crippen LogP contribution in [0, 0.1) is 18.8 Å². The normalized spacial score (nSPS) is 24.3. The number of aromatic nitrogens is 3. The molecule has 3 heterocycles. The van der Waals surface area contributed by atoms with Crippen LogP contribution in [0.25, 0.3) is 11.5 Å². The minimum Gasteiger partial charge on any atom is -0.355 e. The molecule has 0 spiro atoms. The molecule has 0 saturated carbocycles. The van der Waals surface area contributed by atoms with Gasteiger partial charge in [-0.2, -0.15) is 4.98 Å². The van der Waals surface area contributed by atoms with E-state index in [0.29, 0.717) is 11.7 Å². The molecule has 0 unspecified atom stereocenters. The maximum Gasteiger partial charge on any atom is 0.261 e. The minimum atomic E-state index is 0.559. The lowest BCUT2D eigenvalue weighted by Crippen LogP contribution is -2.21. The Morgan fingerprint density at radius 1 is 1.19 bits per heavy atom. The Kier molecular flexibility index (Phi) is 2.98. The average Bonchev–Trinajstić information content (AvgIpc) is 3.13. The highest BCUT2D eigenvalue weighted by atomic mass is 16.5. The number of anilines is 1. The molecule has 1 fully saturated rings. The van der Waals surface area contributed by atoms with E-state index in [1.54, 1.807) is 0 Å². The van der Waals surface area contributed by atoms with E-state index in [1.165, 1.54) is 12.8 Å². The van der Waals surface area contributed by atoms with Crippen LogP contribution in [0.5, 0.6) is 0 Å². The third-order valence-electron chi connectivity index (χ3n) is 4.46. The van der Waals surface area contributed by atoms with Crippen molar-refractivity contribution in [2.45, 2.75) is 19.8 Å². The molecular weight excluding hydrogens is 264 g/mol. The Morgan fingerprint density at radius 2 is 1.95 bits per heavy atom. The number of hydrogen-bond acceptors (Lipinski definition) is 5. The lowest BCUT2D eigenvalue weighted by Gasteiger charge is -2.19. The summed E-state index contributed by atoms with van der Waals surface area (Å²) in [6.07, 6.45) is 8.82. The summed E-state index contributed by atoms with van der Waals surface area (Å²) in [5.41, 5.74) is 0.935. The fraction of sp³-hybridized carbons (Fsp3) is 0.438. The van der Waals surface area contributed by atoms with Crippen LogP contribution >= 0.6 is 0 Å². The number of pyridine rings is 1. The van der Waals surface area contributed by atoms with Gasteiger partial charge in [0.2, 0.25) is 0 Å². The third-order valence-corrected chi connectivity index (χ3v) is 4.46. The number of rotatable bonds is 2. The summed E-state index contributed by atoms with van der Waals surface area (Å²) >= 11 is 0. The Hall–Kier alpha value is -2.17. The second-order valence-electron chi connectivity index (χ2n) is 5.89. The molecule has 4 rings (SSSR count). The highest BCUT2D eigenvalue weighted by Crippen LogP contribution is 2.37. The van der Waals surface area contributed by atoms with Crippen LogP contribution in [-0.2, 0) is 0 Å². The van der Waals surface area contributed by atoms with Gasteiger partial charge in [-0.15, -0.1) is 0 Å². The molecule has 1 aliphatic heterocycles. The zero-order valence-electron chi connectivity index (χ0n) is 12.1. The molecule has 5 nitrogen and oxygen atoms in total. The molecule has 1 aliphatic carbocycles. The first-order chi connectivity index (χ1) is 10.3. The average molecular weight is 282 g/mol. The number of hydrogen-bond donors (Lipinski definition) is 0. The van der Waals surface area contributed by atoms with Crippen LogP contribution in [0.3, 0.4) is 0 Å². The highest BCUT2D eigenvalue weighted by Gasteiger charge is 2.34. The SMILES string of the molecule is Cc1noc(-c2cccnc2N2C[C@H]3CC=CC[C@@H]3C2)n1. The molecule has 0 bridgehead atoms. The van der Waals surface area contributed by atoms with Crippen LogP contribution < -0.4 is 4.90 Å². The Labute approximate surface area is 123 Å². The third kappa shape index (κ3) is 2.22. The van der Waals surface area contributed by atoms with Crippen molar-refractivity contribution < 1.29 is 4.52 Å². The monoisotopic (exact) mass is 282 g/mol. The molecule has 2 aromatic rings. The highest BCUT2D eigenvalue weighted by molar-refractivity contribution is 5.70. The summed E-state index contributed by atoms with van der Waals surface area (Å²) in [6, 6.07) is 3.93. The van der Waals surface area contributed by atoms with E-state index >= 15 is 0 Å². The van der Waals surface area contributed by atoms with Gasteiger partial charge in [-0.1, -0.05) is 17.3 Å². The van der Waals surface area contributed by atoms with Gasteiger partial charge in [-0.05, 0) is 43.7 Å². The summed E-state index contributed by atoms with van der Waals surface area (Å²) in [4.78, 5) is 11.3. The molecule has 21 heavy (non-hydrogen) atoms. The fourth-order valence-corrected chi connectivity index (χ4v) is 3.41. The fourth-order valence-electron chi connectivity index (χ4n) is 3.41. The van der Waals surface area contributed by atoms with Crippen molar-refractivity contribution in [3.8, 4) is 11.5 Å². The summed E-state index contributed by atoms with van der Waals surface area (Å²) in [5.74, 6) is 3.67. The smallest absolute Gasteiger partial charge is 0.261 e. The predicted octanol–water partition coefficient (Wildman–Crippen LogP) is 2.84. The van der Waals surface area contributed by atoms with Crippen LogP contribution in [-0.4, -0.2) is 28.2 Å². The van der Waals surface area contributed by atoms with Gasteiger partial charge in [-0.3, -0.25) is 0 Å². The molecule has 2 aromatic heterocycles. The van der Waals surface area contributed by atoms with Gasteiger partial charge in [0.15, 0.2) is 5.82 Å². The summed E-state index contributed by atoms with van der Waals surface area (Å²) in [5, 5.41) is 3.89. The minimum absolute atomic E-state index is 0.559. The Morgan fingerprint density at radius 3 is 2.62 bits per heavy atom. The van der Waals surface area contributed by atoms with Crippen molar-refractivity contribution in [2.75, 3.05) is 18.0 Å². The summed E-state index contributed by atoms with van der Waals surface area (Å²) in [6.45, 7) is 3.96. The van der Waals surface area contributed by atoms with Crippen molar-refractivity contribution in [1.29, 1.82) is 0 Å². The quantitative estimate of drug-likeness (QED) is 0.793. The molecular formula is C16H18N4O. The molecule has 0 N–H and O–H groups in total. The van der Waals surface area contributed by atoms with E-state index in [2.05, 4.69) is 32.2 Å². The van der Waals surface area contributed by atoms with Crippen molar-refractivity contribution in [2.24, 2.45) is 11.8 Å². The second kappa shape index (κ2) is 4.98. The topological polar surface area (TPSA) is 55.1 Å². The lowest BCUT2D eigenvalue weighted by atomic mass is 9.86. The van der Waals surface area contributed by atoms with Crippen molar-refractivity contribution in [3.05, 3.63) is 36.3 Å². The van der Waals surface area contributed by atoms with Gasteiger partial charge < -0.3 is 9.42 Å². The molecule has 1 saturated heterocycles. The van der Waals surface area contributed by atoms with E-state index < -0.39 is 0 Å². The Balaban J connectivity index is 1.67. The van der Waals surface area contributed by atoms with Gasteiger partial charge in [0.25, 0.3) is 5.89 Å². The molecule has 108 valence electrons. The van der Waals surface area contributed by atoms with Crippen LogP contribution in [0.15, 0.2) is 35.0 Å². The first-order valence-corrected chi connectivity index (χ1v) is 7.47. The van der Waals surface area contributed by atoms with Gasteiger partial charge >= 0.3 is 0 Å².